The molecule has 0 aliphatic carbocycles. The van der Waals surface area contributed by atoms with Gasteiger partial charge in [0.15, 0.2) is 0 Å². The number of likely N-dealkylation sites (N-methyl/N-ethyl adjacent to an activating group) is 1. The lowest BCUT2D eigenvalue weighted by Crippen LogP contribution is -2.51. The second kappa shape index (κ2) is 9.27. The molecule has 148 valence electrons. The van der Waals surface area contributed by atoms with Gasteiger partial charge < -0.3 is 24.8 Å². The molecule has 8 heteroatoms. The standard InChI is InChI=1S/C19H27N3O5/c1-6-27-18(23)17-12(2)20-19(24)21-15(17)11-22(3)10-13-7-8-14(25-4)9-16(13)26-5/h7-9,12H,6,10-11H2,1-5H3,(H2,20,21,24)/t12-/m0/s1. The number of carbonyl (C=O) groups is 2. The van der Waals surface area contributed by atoms with Crippen LogP contribution in [0.1, 0.15) is 19.4 Å². The summed E-state index contributed by atoms with van der Waals surface area (Å²) in [7, 11) is 5.11. The minimum atomic E-state index is -0.428. The van der Waals surface area contributed by atoms with E-state index in [2.05, 4.69) is 10.6 Å². The first kappa shape index (κ1) is 20.6. The predicted octanol–water partition coefficient (Wildman–Crippen LogP) is 1.65. The van der Waals surface area contributed by atoms with E-state index >= 15 is 0 Å². The maximum Gasteiger partial charge on any atom is 0.337 e. The molecule has 0 spiro atoms. The second-order valence-electron chi connectivity index (χ2n) is 6.28. The molecule has 27 heavy (non-hydrogen) atoms. The fourth-order valence-corrected chi connectivity index (χ4v) is 3.00. The summed E-state index contributed by atoms with van der Waals surface area (Å²) in [5, 5.41) is 5.43. The minimum Gasteiger partial charge on any atom is -0.497 e. The van der Waals surface area contributed by atoms with E-state index in [1.165, 1.54) is 0 Å². The topological polar surface area (TPSA) is 89.1 Å². The predicted molar refractivity (Wildman–Crippen MR) is 101 cm³/mol. The van der Waals surface area contributed by atoms with Crippen LogP contribution in [0.25, 0.3) is 0 Å². The zero-order valence-corrected chi connectivity index (χ0v) is 16.4. The molecular weight excluding hydrogens is 350 g/mol. The van der Waals surface area contributed by atoms with Crippen molar-refractivity contribution in [2.75, 3.05) is 34.4 Å². The average Bonchev–Trinajstić information content (AvgIpc) is 2.61. The van der Waals surface area contributed by atoms with Gasteiger partial charge in [-0.2, -0.15) is 0 Å². The third-order valence-corrected chi connectivity index (χ3v) is 4.23. The Morgan fingerprint density at radius 3 is 2.59 bits per heavy atom. The summed E-state index contributed by atoms with van der Waals surface area (Å²) in [6.45, 7) is 4.72. The fraction of sp³-hybridized carbons (Fsp3) is 0.474. The largest absolute Gasteiger partial charge is 0.497 e. The maximum atomic E-state index is 12.3. The van der Waals surface area contributed by atoms with Crippen LogP contribution in [0.15, 0.2) is 29.5 Å². The molecule has 1 aliphatic rings. The number of hydrogen-bond acceptors (Lipinski definition) is 6. The lowest BCUT2D eigenvalue weighted by molar-refractivity contribution is -0.139. The minimum absolute atomic E-state index is 0.273. The van der Waals surface area contributed by atoms with Gasteiger partial charge in [0.2, 0.25) is 0 Å². The molecule has 1 heterocycles. The molecule has 1 aromatic rings. The number of methoxy groups -OCH3 is 2. The zero-order valence-electron chi connectivity index (χ0n) is 16.4. The number of nitrogens with one attached hydrogen (secondary N) is 2. The van der Waals surface area contributed by atoms with Gasteiger partial charge in [-0.05, 0) is 27.0 Å². The van der Waals surface area contributed by atoms with Gasteiger partial charge in [-0.25, -0.2) is 9.59 Å². The van der Waals surface area contributed by atoms with E-state index in [0.29, 0.717) is 35.9 Å². The van der Waals surface area contributed by atoms with Crippen molar-refractivity contribution in [3.05, 3.63) is 35.0 Å². The third-order valence-electron chi connectivity index (χ3n) is 4.23. The van der Waals surface area contributed by atoms with Crippen molar-refractivity contribution in [3.63, 3.8) is 0 Å². The highest BCUT2D eigenvalue weighted by atomic mass is 16.5. The molecule has 1 atom stereocenters. The van der Waals surface area contributed by atoms with Crippen LogP contribution in [-0.4, -0.2) is 57.4 Å². The molecule has 2 N–H and O–H groups in total. The van der Waals surface area contributed by atoms with E-state index in [-0.39, 0.29) is 12.6 Å². The van der Waals surface area contributed by atoms with Gasteiger partial charge in [0, 0.05) is 30.4 Å². The first-order valence-corrected chi connectivity index (χ1v) is 8.76. The van der Waals surface area contributed by atoms with Gasteiger partial charge in [0.25, 0.3) is 0 Å². The van der Waals surface area contributed by atoms with Gasteiger partial charge in [-0.3, -0.25) is 4.90 Å². The maximum absolute atomic E-state index is 12.3. The number of esters is 1. The van der Waals surface area contributed by atoms with Crippen LogP contribution in [0, 0.1) is 0 Å². The van der Waals surface area contributed by atoms with Crippen molar-refractivity contribution in [3.8, 4) is 11.5 Å². The summed E-state index contributed by atoms with van der Waals surface area (Å²) in [6, 6.07) is 4.86. The van der Waals surface area contributed by atoms with E-state index in [1.807, 2.05) is 30.1 Å². The summed E-state index contributed by atoms with van der Waals surface area (Å²) < 4.78 is 15.8. The first-order chi connectivity index (χ1) is 12.9. The molecule has 2 amide bonds. The van der Waals surface area contributed by atoms with Crippen LogP contribution in [0.5, 0.6) is 11.5 Å². The van der Waals surface area contributed by atoms with E-state index in [0.717, 1.165) is 5.56 Å². The van der Waals surface area contributed by atoms with Crippen LogP contribution < -0.4 is 20.1 Å². The van der Waals surface area contributed by atoms with Gasteiger partial charge in [-0.1, -0.05) is 6.07 Å². The Kier molecular flexibility index (Phi) is 7.06. The zero-order chi connectivity index (χ0) is 20.0. The number of benzene rings is 1. The Hall–Kier alpha value is -2.74. The Morgan fingerprint density at radius 1 is 1.22 bits per heavy atom. The summed E-state index contributed by atoms with van der Waals surface area (Å²) in [6.07, 6.45) is 0. The lowest BCUT2D eigenvalue weighted by Gasteiger charge is -2.29. The normalized spacial score (nSPS) is 16.7. The molecule has 8 nitrogen and oxygen atoms in total. The first-order valence-electron chi connectivity index (χ1n) is 8.76. The van der Waals surface area contributed by atoms with Crippen molar-refractivity contribution < 1.29 is 23.8 Å². The molecular formula is C19H27N3O5. The van der Waals surface area contributed by atoms with Gasteiger partial charge in [0.1, 0.15) is 11.5 Å². The van der Waals surface area contributed by atoms with E-state index in [9.17, 15) is 9.59 Å². The van der Waals surface area contributed by atoms with E-state index < -0.39 is 12.0 Å². The summed E-state index contributed by atoms with van der Waals surface area (Å²) >= 11 is 0. The molecule has 2 rings (SSSR count). The Bertz CT molecular complexity index is 732. The van der Waals surface area contributed by atoms with Crippen LogP contribution >= 0.6 is 0 Å². The summed E-state index contributed by atoms with van der Waals surface area (Å²) in [4.78, 5) is 26.2. The third kappa shape index (κ3) is 5.13. The number of rotatable bonds is 8. The summed E-state index contributed by atoms with van der Waals surface area (Å²) in [5.41, 5.74) is 1.94. The van der Waals surface area contributed by atoms with Crippen molar-refractivity contribution in [1.82, 2.24) is 15.5 Å². The van der Waals surface area contributed by atoms with Crippen molar-refractivity contribution in [2.45, 2.75) is 26.4 Å². The SMILES string of the molecule is CCOC(=O)C1=C(CN(C)Cc2ccc(OC)cc2OC)NC(=O)N[C@H]1C. The molecule has 0 bridgehead atoms. The van der Waals surface area contributed by atoms with Crippen molar-refractivity contribution in [2.24, 2.45) is 0 Å². The molecule has 0 aromatic heterocycles. The highest BCUT2D eigenvalue weighted by molar-refractivity contribution is 5.94. The fourth-order valence-electron chi connectivity index (χ4n) is 3.00. The molecule has 0 radical (unpaired) electrons. The summed E-state index contributed by atoms with van der Waals surface area (Å²) in [5.74, 6) is 0.997. The number of urea groups is 1. The Labute approximate surface area is 159 Å². The lowest BCUT2D eigenvalue weighted by atomic mass is 10.0. The quantitative estimate of drug-likeness (QED) is 0.670. The van der Waals surface area contributed by atoms with E-state index in [1.54, 1.807) is 28.1 Å². The molecule has 0 saturated carbocycles. The van der Waals surface area contributed by atoms with Crippen molar-refractivity contribution >= 4 is 12.0 Å². The number of carbonyl (C=O) groups excluding carboxylic acids is 2. The Balaban J connectivity index is 2.21. The number of ether oxygens (including phenoxy) is 3. The highest BCUT2D eigenvalue weighted by Crippen LogP contribution is 2.26. The van der Waals surface area contributed by atoms with Gasteiger partial charge in [0.05, 0.1) is 32.4 Å². The Morgan fingerprint density at radius 2 is 1.96 bits per heavy atom. The number of amides is 2. The van der Waals surface area contributed by atoms with E-state index in [4.69, 9.17) is 14.2 Å². The number of nitrogens with zero attached hydrogens (tertiary/aromatic N) is 1. The second-order valence-corrected chi connectivity index (χ2v) is 6.28. The van der Waals surface area contributed by atoms with Crippen LogP contribution in [-0.2, 0) is 16.1 Å². The molecule has 0 fully saturated rings. The van der Waals surface area contributed by atoms with Crippen molar-refractivity contribution in [1.29, 1.82) is 0 Å². The molecule has 1 aromatic carbocycles. The van der Waals surface area contributed by atoms with Crippen LogP contribution in [0.3, 0.4) is 0 Å². The van der Waals surface area contributed by atoms with Gasteiger partial charge in [-0.15, -0.1) is 0 Å². The number of hydrogen-bond donors (Lipinski definition) is 2. The van der Waals surface area contributed by atoms with Crippen LogP contribution in [0.2, 0.25) is 0 Å². The highest BCUT2D eigenvalue weighted by Gasteiger charge is 2.30. The monoisotopic (exact) mass is 377 g/mol. The average molecular weight is 377 g/mol. The molecule has 1 aliphatic heterocycles. The molecule has 0 saturated heterocycles. The van der Waals surface area contributed by atoms with Crippen LogP contribution in [0.4, 0.5) is 4.79 Å². The smallest absolute Gasteiger partial charge is 0.337 e. The van der Waals surface area contributed by atoms with Gasteiger partial charge >= 0.3 is 12.0 Å². The molecule has 0 unspecified atom stereocenters.